The topological polar surface area (TPSA) is 51.1 Å². The average Bonchev–Trinajstić information content (AvgIpc) is 3.06. The van der Waals surface area contributed by atoms with Gasteiger partial charge in [-0.25, -0.2) is 15.0 Å². The molecule has 1 aliphatic rings. The third-order valence-electron chi connectivity index (χ3n) is 5.78. The standard InChI is InChI=1S/C23H32N4OS2/c1-8-27(9-2)20-19-18(25-22(26-20)29-7)17-14-11-23(5,6)28-12-15(14)16(10-13(3)4)24-21(17)30-19/h13H,8-12H2,1-7H3. The molecule has 162 valence electrons. The molecule has 0 unspecified atom stereocenters. The maximum Gasteiger partial charge on any atom is 0.189 e. The van der Waals surface area contributed by atoms with Crippen LogP contribution in [-0.4, -0.2) is 39.9 Å². The lowest BCUT2D eigenvalue weighted by Crippen LogP contribution is -2.33. The summed E-state index contributed by atoms with van der Waals surface area (Å²) >= 11 is 3.36. The molecule has 0 saturated heterocycles. The number of hydrogen-bond donors (Lipinski definition) is 0. The molecule has 3 aromatic heterocycles. The SMILES string of the molecule is CCN(CC)c1nc(SC)nc2c1sc1nc(CC(C)C)c3c(c12)CC(C)(C)OC3. The maximum atomic E-state index is 6.21. The third-order valence-corrected chi connectivity index (χ3v) is 7.40. The van der Waals surface area contributed by atoms with Gasteiger partial charge in [0, 0.05) is 36.2 Å². The molecule has 30 heavy (non-hydrogen) atoms. The molecule has 1 aliphatic heterocycles. The molecule has 0 spiro atoms. The van der Waals surface area contributed by atoms with Gasteiger partial charge in [-0.3, -0.25) is 0 Å². The second-order valence-electron chi connectivity index (χ2n) is 9.00. The Hall–Kier alpha value is -1.44. The minimum absolute atomic E-state index is 0.179. The van der Waals surface area contributed by atoms with Crippen molar-refractivity contribution in [2.75, 3.05) is 24.2 Å². The van der Waals surface area contributed by atoms with Gasteiger partial charge >= 0.3 is 0 Å². The summed E-state index contributed by atoms with van der Waals surface area (Å²) in [7, 11) is 0. The van der Waals surface area contributed by atoms with E-state index in [0.717, 1.165) is 52.0 Å². The first kappa shape index (κ1) is 21.8. The Balaban J connectivity index is 2.08. The fraction of sp³-hybridized carbons (Fsp3) is 0.609. The molecule has 5 nitrogen and oxygen atoms in total. The van der Waals surface area contributed by atoms with Crippen LogP contribution < -0.4 is 4.90 Å². The molecule has 0 radical (unpaired) electrons. The van der Waals surface area contributed by atoms with Crippen LogP contribution in [-0.2, 0) is 24.2 Å². The zero-order valence-corrected chi connectivity index (χ0v) is 20.8. The van der Waals surface area contributed by atoms with Crippen molar-refractivity contribution in [3.05, 3.63) is 16.8 Å². The van der Waals surface area contributed by atoms with Crippen molar-refractivity contribution >= 4 is 49.3 Å². The van der Waals surface area contributed by atoms with Crippen LogP contribution in [0.3, 0.4) is 0 Å². The molecule has 0 amide bonds. The lowest BCUT2D eigenvalue weighted by Gasteiger charge is -2.33. The van der Waals surface area contributed by atoms with Crippen LogP contribution in [0.5, 0.6) is 0 Å². The molecule has 4 heterocycles. The first-order chi connectivity index (χ1) is 14.3. The molecule has 0 saturated carbocycles. The van der Waals surface area contributed by atoms with Crippen LogP contribution >= 0.6 is 23.1 Å². The largest absolute Gasteiger partial charge is 0.370 e. The average molecular weight is 445 g/mol. The number of anilines is 1. The summed E-state index contributed by atoms with van der Waals surface area (Å²) in [5, 5.41) is 2.05. The number of ether oxygens (including phenoxy) is 1. The van der Waals surface area contributed by atoms with Gasteiger partial charge in [0.1, 0.15) is 4.83 Å². The predicted octanol–water partition coefficient (Wildman–Crippen LogP) is 5.86. The van der Waals surface area contributed by atoms with Crippen molar-refractivity contribution in [3.8, 4) is 0 Å². The van der Waals surface area contributed by atoms with Gasteiger partial charge in [0.25, 0.3) is 0 Å². The van der Waals surface area contributed by atoms with Crippen molar-refractivity contribution in [1.29, 1.82) is 0 Å². The zero-order valence-electron chi connectivity index (χ0n) is 19.1. The van der Waals surface area contributed by atoms with Crippen LogP contribution in [0.1, 0.15) is 58.4 Å². The number of pyridine rings is 1. The smallest absolute Gasteiger partial charge is 0.189 e. The molecule has 7 heteroatoms. The zero-order chi connectivity index (χ0) is 21.6. The van der Waals surface area contributed by atoms with Crippen LogP contribution in [0.2, 0.25) is 0 Å². The summed E-state index contributed by atoms with van der Waals surface area (Å²) in [6, 6.07) is 0. The molecular weight excluding hydrogens is 412 g/mol. The molecule has 0 N–H and O–H groups in total. The van der Waals surface area contributed by atoms with Gasteiger partial charge in [0.15, 0.2) is 11.0 Å². The Morgan fingerprint density at radius 3 is 2.50 bits per heavy atom. The normalized spacial score (nSPS) is 15.9. The number of thiophene rings is 1. The van der Waals surface area contributed by atoms with Gasteiger partial charge in [0.05, 0.1) is 22.4 Å². The summed E-state index contributed by atoms with van der Waals surface area (Å²) < 4.78 is 7.37. The highest BCUT2D eigenvalue weighted by atomic mass is 32.2. The monoisotopic (exact) mass is 444 g/mol. The van der Waals surface area contributed by atoms with E-state index in [1.165, 1.54) is 22.2 Å². The van der Waals surface area contributed by atoms with E-state index in [-0.39, 0.29) is 5.60 Å². The van der Waals surface area contributed by atoms with E-state index in [0.29, 0.717) is 12.5 Å². The van der Waals surface area contributed by atoms with E-state index in [1.54, 1.807) is 23.1 Å². The van der Waals surface area contributed by atoms with Gasteiger partial charge in [-0.1, -0.05) is 25.6 Å². The first-order valence-corrected chi connectivity index (χ1v) is 12.9. The predicted molar refractivity (Wildman–Crippen MR) is 129 cm³/mol. The molecule has 0 aliphatic carbocycles. The van der Waals surface area contributed by atoms with Gasteiger partial charge in [0.2, 0.25) is 0 Å². The number of hydrogen-bond acceptors (Lipinski definition) is 7. The minimum Gasteiger partial charge on any atom is -0.370 e. The van der Waals surface area contributed by atoms with E-state index in [2.05, 4.69) is 46.4 Å². The van der Waals surface area contributed by atoms with Crippen LogP contribution in [0, 0.1) is 5.92 Å². The summed E-state index contributed by atoms with van der Waals surface area (Å²) in [5.74, 6) is 1.60. The fourth-order valence-corrected chi connectivity index (χ4v) is 5.83. The third kappa shape index (κ3) is 3.80. The van der Waals surface area contributed by atoms with E-state index in [1.807, 2.05) is 6.26 Å². The number of rotatable bonds is 6. The second-order valence-corrected chi connectivity index (χ2v) is 10.8. The maximum absolute atomic E-state index is 6.21. The fourth-order valence-electron chi connectivity index (χ4n) is 4.29. The van der Waals surface area contributed by atoms with E-state index in [4.69, 9.17) is 19.7 Å². The molecule has 4 rings (SSSR count). The lowest BCUT2D eigenvalue weighted by molar-refractivity contribution is -0.0402. The number of aromatic nitrogens is 3. The molecule has 0 atom stereocenters. The van der Waals surface area contributed by atoms with Crippen LogP contribution in [0.25, 0.3) is 20.4 Å². The summed E-state index contributed by atoms with van der Waals surface area (Å²) in [6.45, 7) is 15.7. The molecular formula is C23H32N4OS2. The van der Waals surface area contributed by atoms with Crippen molar-refractivity contribution in [1.82, 2.24) is 15.0 Å². The number of thioether (sulfide) groups is 1. The Labute approximate surface area is 187 Å². The molecule has 0 aromatic carbocycles. The summed E-state index contributed by atoms with van der Waals surface area (Å²) in [5.41, 5.74) is 4.74. The number of nitrogens with zero attached hydrogens (tertiary/aromatic N) is 4. The van der Waals surface area contributed by atoms with Gasteiger partial charge in [-0.15, -0.1) is 11.3 Å². The Kier molecular flexibility index (Phi) is 5.99. The van der Waals surface area contributed by atoms with Crippen molar-refractivity contribution in [2.24, 2.45) is 5.92 Å². The van der Waals surface area contributed by atoms with E-state index >= 15 is 0 Å². The highest BCUT2D eigenvalue weighted by Gasteiger charge is 2.32. The van der Waals surface area contributed by atoms with Crippen molar-refractivity contribution in [3.63, 3.8) is 0 Å². The Bertz CT molecular complexity index is 1090. The van der Waals surface area contributed by atoms with Crippen molar-refractivity contribution < 1.29 is 4.74 Å². The quantitative estimate of drug-likeness (QED) is 0.351. The summed E-state index contributed by atoms with van der Waals surface area (Å²) in [4.78, 5) is 18.5. The lowest BCUT2D eigenvalue weighted by atomic mass is 9.88. The Morgan fingerprint density at radius 1 is 1.13 bits per heavy atom. The minimum atomic E-state index is -0.179. The molecule has 0 fully saturated rings. The van der Waals surface area contributed by atoms with E-state index < -0.39 is 0 Å². The Morgan fingerprint density at radius 2 is 1.87 bits per heavy atom. The van der Waals surface area contributed by atoms with Crippen LogP contribution in [0.4, 0.5) is 5.82 Å². The number of fused-ring (bicyclic) bond motifs is 5. The highest BCUT2D eigenvalue weighted by molar-refractivity contribution is 7.98. The summed E-state index contributed by atoms with van der Waals surface area (Å²) in [6.07, 6.45) is 3.91. The molecule has 3 aromatic rings. The van der Waals surface area contributed by atoms with Crippen LogP contribution in [0.15, 0.2) is 5.16 Å². The van der Waals surface area contributed by atoms with Gasteiger partial charge in [-0.2, -0.15) is 0 Å². The molecule has 0 bridgehead atoms. The van der Waals surface area contributed by atoms with E-state index in [9.17, 15) is 0 Å². The highest BCUT2D eigenvalue weighted by Crippen LogP contribution is 2.43. The van der Waals surface area contributed by atoms with Gasteiger partial charge in [-0.05, 0) is 51.9 Å². The first-order valence-electron chi connectivity index (χ1n) is 10.9. The van der Waals surface area contributed by atoms with Gasteiger partial charge < -0.3 is 9.64 Å². The van der Waals surface area contributed by atoms with Crippen molar-refractivity contribution in [2.45, 2.75) is 71.7 Å². The second kappa shape index (κ2) is 8.24.